The van der Waals surface area contributed by atoms with Crippen molar-refractivity contribution in [3.63, 3.8) is 0 Å². The minimum absolute atomic E-state index is 0.270. The van der Waals surface area contributed by atoms with Gasteiger partial charge in [-0.25, -0.2) is 9.97 Å². The molecule has 0 saturated heterocycles. The number of carbonyl (C=O) groups excluding carboxylic acids is 1. The molecule has 3 heterocycles. The van der Waals surface area contributed by atoms with Crippen LogP contribution in [0, 0.1) is 0 Å². The molecular formula is C20H13ClN4O. The van der Waals surface area contributed by atoms with Crippen molar-refractivity contribution in [3.05, 3.63) is 83.8 Å². The highest BCUT2D eigenvalue weighted by atomic mass is 35.5. The van der Waals surface area contributed by atoms with Crippen LogP contribution in [0.3, 0.4) is 0 Å². The maximum atomic E-state index is 12.9. The number of aromatic nitrogens is 3. The molecule has 0 aliphatic heterocycles. The molecule has 4 rings (SSSR count). The summed E-state index contributed by atoms with van der Waals surface area (Å²) in [5, 5.41) is 4.04. The van der Waals surface area contributed by atoms with Gasteiger partial charge in [0, 0.05) is 34.6 Å². The fourth-order valence-electron chi connectivity index (χ4n) is 2.68. The highest BCUT2D eigenvalue weighted by molar-refractivity contribution is 6.31. The van der Waals surface area contributed by atoms with Gasteiger partial charge in [0.15, 0.2) is 0 Å². The molecule has 6 heteroatoms. The molecule has 26 heavy (non-hydrogen) atoms. The number of rotatable bonds is 3. The first-order valence-corrected chi connectivity index (χ1v) is 8.31. The van der Waals surface area contributed by atoms with Gasteiger partial charge in [-0.3, -0.25) is 9.78 Å². The number of hydrogen-bond acceptors (Lipinski definition) is 4. The standard InChI is InChI=1S/C20H13ClN4O/c21-14-4-5-17-15(11-14)16(20(26)25-19-3-1-2-8-23-19)12-18(24-17)13-6-9-22-10-7-13/h1-12H,(H,23,25,26). The maximum absolute atomic E-state index is 12.9. The maximum Gasteiger partial charge on any atom is 0.257 e. The van der Waals surface area contributed by atoms with Crippen LogP contribution in [-0.2, 0) is 0 Å². The number of nitrogens with one attached hydrogen (secondary N) is 1. The van der Waals surface area contributed by atoms with E-state index in [9.17, 15) is 4.79 Å². The van der Waals surface area contributed by atoms with Crippen LogP contribution in [0.4, 0.5) is 5.82 Å². The summed E-state index contributed by atoms with van der Waals surface area (Å²) < 4.78 is 0. The molecule has 0 aliphatic carbocycles. The molecule has 1 aromatic carbocycles. The molecule has 126 valence electrons. The molecule has 0 radical (unpaired) electrons. The molecule has 1 amide bonds. The summed E-state index contributed by atoms with van der Waals surface area (Å²) >= 11 is 6.13. The van der Waals surface area contributed by atoms with Crippen molar-refractivity contribution >= 4 is 34.2 Å². The van der Waals surface area contributed by atoms with Crippen molar-refractivity contribution < 1.29 is 4.79 Å². The summed E-state index contributed by atoms with van der Waals surface area (Å²) in [6, 6.07) is 16.1. The Balaban J connectivity index is 1.85. The first-order chi connectivity index (χ1) is 12.7. The Morgan fingerprint density at radius 3 is 2.58 bits per heavy atom. The lowest BCUT2D eigenvalue weighted by Gasteiger charge is -2.10. The van der Waals surface area contributed by atoms with Crippen molar-refractivity contribution in [1.82, 2.24) is 15.0 Å². The van der Waals surface area contributed by atoms with Gasteiger partial charge in [0.1, 0.15) is 5.82 Å². The van der Waals surface area contributed by atoms with E-state index in [0.717, 1.165) is 5.56 Å². The van der Waals surface area contributed by atoms with Gasteiger partial charge in [0.2, 0.25) is 0 Å². The van der Waals surface area contributed by atoms with Crippen molar-refractivity contribution in [2.45, 2.75) is 0 Å². The molecule has 0 unspecified atom stereocenters. The number of fused-ring (bicyclic) bond motifs is 1. The summed E-state index contributed by atoms with van der Waals surface area (Å²) in [5.41, 5.74) is 2.74. The summed E-state index contributed by atoms with van der Waals surface area (Å²) in [6.45, 7) is 0. The number of halogens is 1. The summed E-state index contributed by atoms with van der Waals surface area (Å²) in [6.07, 6.45) is 5.01. The first kappa shape index (κ1) is 16.2. The van der Waals surface area contributed by atoms with E-state index in [1.54, 1.807) is 55.0 Å². The zero-order valence-electron chi connectivity index (χ0n) is 13.6. The molecule has 0 atom stereocenters. The third-order valence-electron chi connectivity index (χ3n) is 3.90. The van der Waals surface area contributed by atoms with Crippen LogP contribution >= 0.6 is 11.6 Å². The summed E-state index contributed by atoms with van der Waals surface area (Å²) in [5.74, 6) is 0.212. The van der Waals surface area contributed by atoms with Crippen molar-refractivity contribution in [2.24, 2.45) is 0 Å². The van der Waals surface area contributed by atoms with Crippen molar-refractivity contribution in [2.75, 3.05) is 5.32 Å². The average Bonchev–Trinajstić information content (AvgIpc) is 2.68. The van der Waals surface area contributed by atoms with Crippen LogP contribution in [0.25, 0.3) is 22.2 Å². The first-order valence-electron chi connectivity index (χ1n) is 7.94. The summed E-state index contributed by atoms with van der Waals surface area (Å²) in [4.78, 5) is 25.7. The molecule has 0 fully saturated rings. The molecule has 0 bridgehead atoms. The third kappa shape index (κ3) is 3.25. The highest BCUT2D eigenvalue weighted by Crippen LogP contribution is 2.27. The molecule has 1 N–H and O–H groups in total. The number of hydrogen-bond donors (Lipinski definition) is 1. The minimum Gasteiger partial charge on any atom is -0.307 e. The van der Waals surface area contributed by atoms with E-state index in [0.29, 0.717) is 33.0 Å². The van der Waals surface area contributed by atoms with Crippen LogP contribution in [0.1, 0.15) is 10.4 Å². The molecule has 3 aromatic heterocycles. The zero-order chi connectivity index (χ0) is 17.9. The number of benzene rings is 1. The van der Waals surface area contributed by atoms with Crippen LogP contribution in [-0.4, -0.2) is 20.9 Å². The Hall–Kier alpha value is -3.31. The second kappa shape index (κ2) is 6.90. The number of amides is 1. The lowest BCUT2D eigenvalue weighted by molar-refractivity contribution is 0.102. The fourth-order valence-corrected chi connectivity index (χ4v) is 2.85. The van der Waals surface area contributed by atoms with Gasteiger partial charge in [-0.1, -0.05) is 17.7 Å². The van der Waals surface area contributed by atoms with Crippen molar-refractivity contribution in [1.29, 1.82) is 0 Å². The molecule has 0 spiro atoms. The van der Waals surface area contributed by atoms with E-state index >= 15 is 0 Å². The smallest absolute Gasteiger partial charge is 0.257 e. The van der Waals surface area contributed by atoms with Crippen LogP contribution in [0.5, 0.6) is 0 Å². The number of anilines is 1. The van der Waals surface area contributed by atoms with Gasteiger partial charge in [0.25, 0.3) is 5.91 Å². The molecule has 0 aliphatic rings. The second-order valence-electron chi connectivity index (χ2n) is 5.62. The Morgan fingerprint density at radius 1 is 0.962 bits per heavy atom. The Bertz CT molecular complexity index is 1080. The van der Waals surface area contributed by atoms with Gasteiger partial charge in [-0.2, -0.15) is 0 Å². The minimum atomic E-state index is -0.270. The van der Waals surface area contributed by atoms with Gasteiger partial charge < -0.3 is 5.32 Å². The Kier molecular flexibility index (Phi) is 4.29. The molecule has 4 aromatic rings. The average molecular weight is 361 g/mol. The lowest BCUT2D eigenvalue weighted by atomic mass is 10.0. The zero-order valence-corrected chi connectivity index (χ0v) is 14.3. The van der Waals surface area contributed by atoms with Gasteiger partial charge >= 0.3 is 0 Å². The molecular weight excluding hydrogens is 348 g/mol. The monoisotopic (exact) mass is 360 g/mol. The molecule has 5 nitrogen and oxygen atoms in total. The van der Waals surface area contributed by atoms with E-state index in [-0.39, 0.29) is 5.91 Å². The van der Waals surface area contributed by atoms with E-state index in [1.165, 1.54) is 0 Å². The van der Waals surface area contributed by atoms with Gasteiger partial charge in [-0.15, -0.1) is 0 Å². The Labute approximate surface area is 154 Å². The van der Waals surface area contributed by atoms with E-state index < -0.39 is 0 Å². The quantitative estimate of drug-likeness (QED) is 0.580. The van der Waals surface area contributed by atoms with Crippen molar-refractivity contribution in [3.8, 4) is 11.3 Å². The van der Waals surface area contributed by atoms with Gasteiger partial charge in [0.05, 0.1) is 16.8 Å². The predicted molar refractivity (Wildman–Crippen MR) is 102 cm³/mol. The molecule has 0 saturated carbocycles. The second-order valence-corrected chi connectivity index (χ2v) is 6.06. The van der Waals surface area contributed by atoms with Crippen LogP contribution in [0.2, 0.25) is 5.02 Å². The van der Waals surface area contributed by atoms with Gasteiger partial charge in [-0.05, 0) is 48.5 Å². The van der Waals surface area contributed by atoms with Crippen LogP contribution < -0.4 is 5.32 Å². The van der Waals surface area contributed by atoms with Crippen LogP contribution in [0.15, 0.2) is 73.2 Å². The number of carbonyl (C=O) groups is 1. The highest BCUT2D eigenvalue weighted by Gasteiger charge is 2.15. The third-order valence-corrected chi connectivity index (χ3v) is 4.13. The number of pyridine rings is 3. The topological polar surface area (TPSA) is 67.8 Å². The number of nitrogens with zero attached hydrogens (tertiary/aromatic N) is 3. The fraction of sp³-hybridized carbons (Fsp3) is 0. The predicted octanol–water partition coefficient (Wildman–Crippen LogP) is 4.60. The van der Waals surface area contributed by atoms with E-state index in [1.807, 2.05) is 18.2 Å². The SMILES string of the molecule is O=C(Nc1ccccn1)c1cc(-c2ccncc2)nc2ccc(Cl)cc12. The largest absolute Gasteiger partial charge is 0.307 e. The summed E-state index contributed by atoms with van der Waals surface area (Å²) in [7, 11) is 0. The normalized spacial score (nSPS) is 10.7. The lowest BCUT2D eigenvalue weighted by Crippen LogP contribution is -2.14. The van der Waals surface area contributed by atoms with E-state index in [2.05, 4.69) is 20.3 Å². The Morgan fingerprint density at radius 2 is 1.81 bits per heavy atom. The van der Waals surface area contributed by atoms with E-state index in [4.69, 9.17) is 11.6 Å².